The molecule has 0 saturated carbocycles. The molecular weight excluding hydrogens is 955 g/mol. The fraction of sp³-hybridized carbons (Fsp3) is 0.254. The van der Waals surface area contributed by atoms with Crippen LogP contribution < -0.4 is 19.5 Å². The van der Waals surface area contributed by atoms with Crippen LogP contribution in [0.5, 0.6) is 23.0 Å². The molecule has 3 heterocycles. The lowest BCUT2D eigenvalue weighted by molar-refractivity contribution is -0.128. The van der Waals surface area contributed by atoms with E-state index in [2.05, 4.69) is 18.0 Å². The minimum atomic E-state index is -0.181. The number of aromatic hydroxyl groups is 1. The molecule has 3 fully saturated rings. The predicted molar refractivity (Wildman–Crippen MR) is 295 cm³/mol. The second kappa shape index (κ2) is 24.4. The first-order chi connectivity index (χ1) is 37.0. The number of anilines is 1. The highest BCUT2D eigenvalue weighted by Crippen LogP contribution is 2.36. The van der Waals surface area contributed by atoms with E-state index in [1.807, 2.05) is 131 Å². The van der Waals surface area contributed by atoms with Gasteiger partial charge in [0.25, 0.3) is 0 Å². The number of hydrogen-bond donors (Lipinski definition) is 2. The molecule has 0 aromatic heterocycles. The Hall–Kier alpha value is -8.89. The molecule has 3 aliphatic rings. The summed E-state index contributed by atoms with van der Waals surface area (Å²) in [5, 5.41) is 23.3. The summed E-state index contributed by atoms with van der Waals surface area (Å²) in [5.74, 6) is 1.72. The van der Waals surface area contributed by atoms with Crippen molar-refractivity contribution in [3.8, 4) is 62.4 Å². The number of phenolic OH excluding ortho intramolecular Hbond substituents is 1. The summed E-state index contributed by atoms with van der Waals surface area (Å²) in [6, 6.07) is 43.6. The first-order valence-electron chi connectivity index (χ1n) is 25.9. The van der Waals surface area contributed by atoms with Gasteiger partial charge in [-0.3, -0.25) is 19.2 Å². The van der Waals surface area contributed by atoms with Crippen LogP contribution in [0.4, 0.5) is 5.69 Å². The number of piperidine rings is 3. The van der Waals surface area contributed by atoms with Crippen molar-refractivity contribution >= 4 is 41.5 Å². The lowest BCUT2D eigenvalue weighted by atomic mass is 9.95. The lowest BCUT2D eigenvalue weighted by Crippen LogP contribution is -2.41. The first kappa shape index (κ1) is 52.0. The van der Waals surface area contributed by atoms with E-state index >= 15 is 0 Å². The summed E-state index contributed by atoms with van der Waals surface area (Å²) in [6.07, 6.45) is 11.8. The van der Waals surface area contributed by atoms with E-state index in [0.29, 0.717) is 106 Å². The second-order valence-corrected chi connectivity index (χ2v) is 19.3. The zero-order chi connectivity index (χ0) is 53.0. The summed E-state index contributed by atoms with van der Waals surface area (Å²) in [4.78, 5) is 56.9. The maximum atomic E-state index is 13.8. The minimum absolute atomic E-state index is 0.0596. The van der Waals surface area contributed by atoms with Crippen molar-refractivity contribution in [2.75, 3.05) is 44.6 Å². The molecule has 0 aliphatic carbocycles. The summed E-state index contributed by atoms with van der Waals surface area (Å²) < 4.78 is 19.4. The topological polar surface area (TPSA) is 162 Å². The number of likely N-dealkylation sites (tertiary alicyclic amines) is 3. The van der Waals surface area contributed by atoms with Crippen LogP contribution in [-0.2, 0) is 19.2 Å². The standard InChI is InChI=1S/C63H61N5O8/c1-3-61(71)66-32-26-51(27-33-66)75-54-22-18-44(58(40-54)46-11-8-13-49(38-46)65-43(2)69)20-24-62(72)67-36-30-52(31-37-67)76-55-23-19-45(59(41-55)56-15-5-4-10-48(56)42-64)21-25-63(73)68-34-28-50(29-35-68)74-53-14-9-12-47(39-53)57-16-6-7-17-60(57)70/h3-25,38-41,50-52,70H,1,26-37H2,2H3,(H,65,69)/b24-20+,25-21+. The highest BCUT2D eigenvalue weighted by atomic mass is 16.5. The minimum Gasteiger partial charge on any atom is -0.507 e. The Morgan fingerprint density at radius 2 is 1.03 bits per heavy atom. The van der Waals surface area contributed by atoms with Gasteiger partial charge >= 0.3 is 0 Å². The number of phenols is 1. The van der Waals surface area contributed by atoms with Crippen molar-refractivity contribution in [2.24, 2.45) is 0 Å². The van der Waals surface area contributed by atoms with Gasteiger partial charge in [-0.2, -0.15) is 5.26 Å². The van der Waals surface area contributed by atoms with E-state index in [4.69, 9.17) is 14.2 Å². The Kier molecular flexibility index (Phi) is 16.7. The van der Waals surface area contributed by atoms with Gasteiger partial charge in [0, 0.05) is 114 Å². The smallest absolute Gasteiger partial charge is 0.246 e. The van der Waals surface area contributed by atoms with Crippen LogP contribution in [0.1, 0.15) is 62.1 Å². The molecule has 0 bridgehead atoms. The Morgan fingerprint density at radius 3 is 1.57 bits per heavy atom. The fourth-order valence-corrected chi connectivity index (χ4v) is 10.1. The molecule has 13 heteroatoms. The average Bonchev–Trinajstić information content (AvgIpc) is 3.45. The molecular formula is C63H61N5O8. The van der Waals surface area contributed by atoms with Gasteiger partial charge in [0.15, 0.2) is 0 Å². The number of nitrogens with one attached hydrogen (secondary N) is 1. The number of ether oxygens (including phenoxy) is 3. The molecule has 76 heavy (non-hydrogen) atoms. The third kappa shape index (κ3) is 13.1. The molecule has 0 unspecified atom stereocenters. The number of hydrogen-bond acceptors (Lipinski definition) is 9. The maximum absolute atomic E-state index is 13.8. The van der Waals surface area contributed by atoms with Crippen LogP contribution in [0, 0.1) is 11.3 Å². The van der Waals surface area contributed by atoms with Gasteiger partial charge in [-0.25, -0.2) is 0 Å². The van der Waals surface area contributed by atoms with Gasteiger partial charge < -0.3 is 39.3 Å². The van der Waals surface area contributed by atoms with Crippen LogP contribution in [-0.4, -0.2) is 101 Å². The molecule has 0 spiro atoms. The van der Waals surface area contributed by atoms with Crippen LogP contribution in [0.2, 0.25) is 0 Å². The molecule has 386 valence electrons. The summed E-state index contributed by atoms with van der Waals surface area (Å²) in [5.41, 5.74) is 7.48. The molecule has 0 radical (unpaired) electrons. The number of nitriles is 1. The maximum Gasteiger partial charge on any atom is 0.246 e. The van der Waals surface area contributed by atoms with Crippen molar-refractivity contribution in [2.45, 2.75) is 63.8 Å². The quantitative estimate of drug-likeness (QED) is 0.0954. The largest absolute Gasteiger partial charge is 0.507 e. The van der Waals surface area contributed by atoms with E-state index < -0.39 is 0 Å². The van der Waals surface area contributed by atoms with Crippen LogP contribution in [0.15, 0.2) is 158 Å². The van der Waals surface area contributed by atoms with E-state index in [9.17, 15) is 29.5 Å². The highest BCUT2D eigenvalue weighted by molar-refractivity contribution is 5.95. The lowest BCUT2D eigenvalue weighted by Gasteiger charge is -2.32. The van der Waals surface area contributed by atoms with Gasteiger partial charge in [-0.1, -0.05) is 79.4 Å². The van der Waals surface area contributed by atoms with Crippen molar-refractivity contribution in [1.29, 1.82) is 5.26 Å². The number of carbonyl (C=O) groups excluding carboxylic acids is 4. The summed E-state index contributed by atoms with van der Waals surface area (Å²) in [6.45, 7) is 8.31. The van der Waals surface area contributed by atoms with Crippen molar-refractivity contribution in [3.05, 3.63) is 175 Å². The number of nitrogens with zero attached hydrogens (tertiary/aromatic N) is 4. The Labute approximate surface area is 443 Å². The van der Waals surface area contributed by atoms with E-state index in [0.717, 1.165) is 44.5 Å². The van der Waals surface area contributed by atoms with E-state index in [-0.39, 0.29) is 47.7 Å². The molecule has 6 aromatic carbocycles. The van der Waals surface area contributed by atoms with Gasteiger partial charge in [0.05, 0.1) is 11.6 Å². The van der Waals surface area contributed by atoms with Crippen molar-refractivity contribution in [3.63, 3.8) is 0 Å². The Balaban J connectivity index is 0.824. The highest BCUT2D eigenvalue weighted by Gasteiger charge is 2.26. The molecule has 3 aliphatic heterocycles. The third-order valence-corrected chi connectivity index (χ3v) is 14.1. The summed E-state index contributed by atoms with van der Waals surface area (Å²) >= 11 is 0. The van der Waals surface area contributed by atoms with Gasteiger partial charge in [0.2, 0.25) is 23.6 Å². The molecule has 2 N–H and O–H groups in total. The van der Waals surface area contributed by atoms with Gasteiger partial charge in [0.1, 0.15) is 41.3 Å². The SMILES string of the molecule is C=CC(=O)N1CCC(Oc2ccc(/C=C/C(=O)N3CCC(Oc4ccc(/C=C/C(=O)N5CCC(Oc6cccc(-c7ccccc7O)c6)CC5)c(-c5ccccc5C#N)c4)CC3)c(-c3cccc(NC(C)=O)c3)c2)CC1. The van der Waals surface area contributed by atoms with Crippen LogP contribution >= 0.6 is 0 Å². The normalized spacial score (nSPS) is 15.6. The Morgan fingerprint density at radius 1 is 0.553 bits per heavy atom. The molecule has 4 amide bonds. The third-order valence-electron chi connectivity index (χ3n) is 14.1. The fourth-order valence-electron chi connectivity index (χ4n) is 10.1. The summed E-state index contributed by atoms with van der Waals surface area (Å²) in [7, 11) is 0. The number of carbonyl (C=O) groups is 4. The van der Waals surface area contributed by atoms with Crippen molar-refractivity contribution < 1.29 is 38.5 Å². The number of amides is 4. The molecule has 9 rings (SSSR count). The number of benzene rings is 6. The zero-order valence-corrected chi connectivity index (χ0v) is 42.6. The average molecular weight is 1020 g/mol. The van der Waals surface area contributed by atoms with Gasteiger partial charge in [-0.05, 0) is 112 Å². The zero-order valence-electron chi connectivity index (χ0n) is 42.6. The number of para-hydroxylation sites is 1. The van der Waals surface area contributed by atoms with Crippen LogP contribution in [0.25, 0.3) is 45.5 Å². The monoisotopic (exact) mass is 1020 g/mol. The van der Waals surface area contributed by atoms with Crippen molar-refractivity contribution in [1.82, 2.24) is 14.7 Å². The van der Waals surface area contributed by atoms with Gasteiger partial charge in [-0.15, -0.1) is 0 Å². The second-order valence-electron chi connectivity index (χ2n) is 19.3. The predicted octanol–water partition coefficient (Wildman–Crippen LogP) is 10.9. The Bertz CT molecular complexity index is 3210. The first-order valence-corrected chi connectivity index (χ1v) is 25.9. The van der Waals surface area contributed by atoms with Crippen LogP contribution in [0.3, 0.4) is 0 Å². The molecule has 3 saturated heterocycles. The molecule has 0 atom stereocenters. The number of rotatable bonds is 15. The van der Waals surface area contributed by atoms with E-state index in [1.54, 1.807) is 41.3 Å². The molecule has 6 aromatic rings. The molecule has 13 nitrogen and oxygen atoms in total. The van der Waals surface area contributed by atoms with E-state index in [1.165, 1.54) is 13.0 Å².